The maximum absolute atomic E-state index is 3.78. The molecule has 0 nitrogen and oxygen atoms in total. The van der Waals surface area contributed by atoms with Gasteiger partial charge in [0, 0.05) is 8.95 Å². The number of hydrogen-bond donors (Lipinski definition) is 0. The Bertz CT molecular complexity index is 954. The summed E-state index contributed by atoms with van der Waals surface area (Å²) in [6.07, 6.45) is 27.3. The van der Waals surface area contributed by atoms with Crippen molar-refractivity contribution in [3.8, 4) is 0 Å². The van der Waals surface area contributed by atoms with Crippen LogP contribution in [0.4, 0.5) is 0 Å². The van der Waals surface area contributed by atoms with E-state index in [1.807, 2.05) is 0 Å². The van der Waals surface area contributed by atoms with Crippen LogP contribution >= 0.6 is 31.9 Å². The first-order valence-electron chi connectivity index (χ1n) is 19.2. The Kier molecular flexibility index (Phi) is 36.4. The van der Waals surface area contributed by atoms with E-state index in [-0.39, 0.29) is 40.0 Å². The van der Waals surface area contributed by atoms with Gasteiger partial charge >= 0.3 is 23.1 Å². The molecule has 0 aliphatic rings. The van der Waals surface area contributed by atoms with Gasteiger partial charge in [0.15, 0.2) is 0 Å². The molecule has 0 heterocycles. The smallest absolute Gasteiger partial charge is 1.00 e. The van der Waals surface area contributed by atoms with Crippen molar-refractivity contribution in [2.45, 2.75) is 188 Å². The molecule has 2 rings (SSSR count). The normalized spacial score (nSPS) is 11.0. The molecular weight excluding hydrogens is 825 g/mol. The van der Waals surface area contributed by atoms with Crippen molar-refractivity contribution in [2.24, 2.45) is 0 Å². The van der Waals surface area contributed by atoms with Crippen LogP contribution in [-0.4, -0.2) is 39.2 Å². The molecule has 274 valence electrons. The Morgan fingerprint density at radius 3 is 1.10 bits per heavy atom. The summed E-state index contributed by atoms with van der Waals surface area (Å²) in [5, 5.41) is 3.14. The molecule has 0 bridgehead atoms. The van der Waals surface area contributed by atoms with E-state index >= 15 is 0 Å². The van der Waals surface area contributed by atoms with Crippen LogP contribution in [0.3, 0.4) is 0 Å². The van der Waals surface area contributed by atoms with Crippen LogP contribution in [0.25, 0.3) is 0 Å². The SMILES string of the molecule is CCCCCCCCc1cc(CCCCCCCC)cc([Si](C)(C)C)c1.C[Si](C)(C)c1cc(Br)cc(Br)c1.[Br-].[CH2-]CCCCCCC.[Mg+2]. The van der Waals surface area contributed by atoms with E-state index < -0.39 is 16.1 Å². The van der Waals surface area contributed by atoms with Crippen molar-refractivity contribution < 1.29 is 17.0 Å². The first kappa shape index (κ1) is 53.4. The molecule has 0 aliphatic carbocycles. The number of rotatable bonds is 21. The van der Waals surface area contributed by atoms with Gasteiger partial charge in [-0.25, -0.2) is 0 Å². The standard InChI is InChI=1S/C25H46Si.C9H12Br2Si.C8H17.BrH.Mg/c1-6-8-10-12-14-16-18-23-20-24(19-17-15-13-11-9-7-2)22-25(21-23)26(3,4)5;1-12(2,3)9-5-7(10)4-8(11)6-9;1-3-5-7-8-6-4-2;;/h20-22H,6-19H2,1-5H3;4-6H,1-3H3;1,3-8H2,2H3;1H;/q;;-1;;+2/p-1. The van der Waals surface area contributed by atoms with Gasteiger partial charge < -0.3 is 23.9 Å². The average Bonchev–Trinajstić information content (AvgIpc) is 2.98. The summed E-state index contributed by atoms with van der Waals surface area (Å²) in [6.45, 7) is 25.1. The second kappa shape index (κ2) is 32.7. The van der Waals surface area contributed by atoms with E-state index in [4.69, 9.17) is 0 Å². The molecule has 48 heavy (non-hydrogen) atoms. The Hall–Kier alpha value is 1.08. The zero-order valence-electron chi connectivity index (χ0n) is 33.2. The summed E-state index contributed by atoms with van der Waals surface area (Å²) < 4.78 is 2.32. The van der Waals surface area contributed by atoms with Gasteiger partial charge in [0.25, 0.3) is 0 Å². The number of benzene rings is 2. The second-order valence-electron chi connectivity index (χ2n) is 15.5. The first-order chi connectivity index (χ1) is 21.8. The van der Waals surface area contributed by atoms with Crippen molar-refractivity contribution in [1.82, 2.24) is 0 Å². The predicted molar refractivity (Wildman–Crippen MR) is 233 cm³/mol. The fourth-order valence-electron chi connectivity index (χ4n) is 5.47. The Balaban J connectivity index is -0.000000761. The second-order valence-corrected chi connectivity index (χ2v) is 27.5. The van der Waals surface area contributed by atoms with Crippen LogP contribution in [0.5, 0.6) is 0 Å². The maximum atomic E-state index is 3.78. The van der Waals surface area contributed by atoms with Gasteiger partial charge in [-0.1, -0.05) is 217 Å². The molecule has 0 saturated carbocycles. The van der Waals surface area contributed by atoms with Gasteiger partial charge in [0.05, 0.1) is 16.1 Å². The first-order valence-corrected chi connectivity index (χ1v) is 27.8. The Morgan fingerprint density at radius 2 is 0.771 bits per heavy atom. The molecule has 0 N–H and O–H groups in total. The van der Waals surface area contributed by atoms with Gasteiger partial charge in [-0.2, -0.15) is 6.42 Å². The Labute approximate surface area is 347 Å². The van der Waals surface area contributed by atoms with Crippen molar-refractivity contribution in [3.05, 3.63) is 63.4 Å². The van der Waals surface area contributed by atoms with Crippen LogP contribution in [0.2, 0.25) is 39.3 Å². The summed E-state index contributed by atoms with van der Waals surface area (Å²) in [6, 6.07) is 14.1. The van der Waals surface area contributed by atoms with E-state index in [1.165, 1.54) is 127 Å². The molecule has 0 fully saturated rings. The molecule has 0 unspecified atom stereocenters. The Morgan fingerprint density at radius 1 is 0.458 bits per heavy atom. The third-order valence-electron chi connectivity index (χ3n) is 8.64. The number of unbranched alkanes of at least 4 members (excludes halogenated alkanes) is 15. The molecule has 0 amide bonds. The van der Waals surface area contributed by atoms with E-state index in [0.717, 1.165) is 15.4 Å². The zero-order valence-corrected chi connectivity index (χ0v) is 41.3. The van der Waals surface area contributed by atoms with Gasteiger partial charge in [0.1, 0.15) is 0 Å². The minimum Gasteiger partial charge on any atom is -1.00 e. The van der Waals surface area contributed by atoms with Crippen molar-refractivity contribution in [2.75, 3.05) is 0 Å². The third-order valence-corrected chi connectivity index (χ3v) is 13.6. The van der Waals surface area contributed by atoms with Crippen molar-refractivity contribution in [3.63, 3.8) is 0 Å². The minimum atomic E-state index is -1.23. The third kappa shape index (κ3) is 29.6. The minimum absolute atomic E-state index is 0. The summed E-state index contributed by atoms with van der Waals surface area (Å²) in [7, 11) is -2.38. The molecule has 0 saturated heterocycles. The molecular formula is C42H75Br3MgSi2. The van der Waals surface area contributed by atoms with Gasteiger partial charge in [-0.3, -0.25) is 0 Å². The van der Waals surface area contributed by atoms with E-state index in [0.29, 0.717) is 0 Å². The molecule has 0 aliphatic heterocycles. The topological polar surface area (TPSA) is 0 Å². The largest absolute Gasteiger partial charge is 2.00 e. The van der Waals surface area contributed by atoms with E-state index in [2.05, 4.69) is 135 Å². The molecule has 0 atom stereocenters. The average molecular weight is 900 g/mol. The number of halogens is 3. The van der Waals surface area contributed by atoms with Crippen LogP contribution < -0.4 is 27.4 Å². The fraction of sp³-hybridized carbons (Fsp3) is 0.690. The monoisotopic (exact) mass is 896 g/mol. The molecule has 6 heteroatoms. The summed E-state index contributed by atoms with van der Waals surface area (Å²) >= 11 is 7.00. The van der Waals surface area contributed by atoms with E-state index in [9.17, 15) is 0 Å². The fourth-order valence-corrected chi connectivity index (χ4v) is 9.60. The maximum Gasteiger partial charge on any atom is 2.00 e. The molecule has 0 radical (unpaired) electrons. The number of aryl methyl sites for hydroxylation is 2. The van der Waals surface area contributed by atoms with Crippen LogP contribution in [-0.2, 0) is 12.8 Å². The summed E-state index contributed by atoms with van der Waals surface area (Å²) in [5.41, 5.74) is 3.22. The predicted octanol–water partition coefficient (Wildman–Crippen LogP) is 11.6. The van der Waals surface area contributed by atoms with Crippen molar-refractivity contribution in [1.29, 1.82) is 0 Å². The molecule has 2 aromatic carbocycles. The summed E-state index contributed by atoms with van der Waals surface area (Å²) in [4.78, 5) is 0. The quantitative estimate of drug-likeness (QED) is 0.0665. The zero-order chi connectivity index (χ0) is 34.8. The molecule has 0 aromatic heterocycles. The van der Waals surface area contributed by atoms with Crippen LogP contribution in [0.15, 0.2) is 45.3 Å². The van der Waals surface area contributed by atoms with E-state index in [1.54, 1.807) is 16.3 Å². The van der Waals surface area contributed by atoms with Crippen LogP contribution in [0, 0.1) is 6.92 Å². The molecule has 2 aromatic rings. The number of hydrogen-bond acceptors (Lipinski definition) is 0. The van der Waals surface area contributed by atoms with Gasteiger partial charge in [0.2, 0.25) is 0 Å². The van der Waals surface area contributed by atoms with Gasteiger partial charge in [-0.15, -0.1) is 0 Å². The molecule has 0 spiro atoms. The summed E-state index contributed by atoms with van der Waals surface area (Å²) in [5.74, 6) is 0. The van der Waals surface area contributed by atoms with Crippen molar-refractivity contribution >= 4 is 81.4 Å². The van der Waals surface area contributed by atoms with Gasteiger partial charge in [-0.05, 0) is 55.0 Å². The van der Waals surface area contributed by atoms with Crippen LogP contribution in [0.1, 0.15) is 147 Å².